The van der Waals surface area contributed by atoms with Crippen LogP contribution >= 0.6 is 11.6 Å². The van der Waals surface area contributed by atoms with E-state index in [9.17, 15) is 0 Å². The summed E-state index contributed by atoms with van der Waals surface area (Å²) in [6, 6.07) is 7.44. The van der Waals surface area contributed by atoms with E-state index in [1.54, 1.807) is 0 Å². The van der Waals surface area contributed by atoms with Crippen LogP contribution in [0.2, 0.25) is 5.02 Å². The van der Waals surface area contributed by atoms with Crippen molar-refractivity contribution in [3.05, 3.63) is 29.3 Å². The lowest BCUT2D eigenvalue weighted by Gasteiger charge is -2.29. The zero-order valence-corrected chi connectivity index (χ0v) is 10.9. The fraction of sp³-hybridized carbons (Fsp3) is 0.538. The minimum atomic E-state index is 0.160. The number of benzene rings is 1. The number of rotatable bonds is 4. The largest absolute Gasteiger partial charge is 0.493 e. The molecular weight excluding hydrogens is 222 g/mol. The van der Waals surface area contributed by atoms with Crippen LogP contribution in [0.25, 0.3) is 0 Å². The van der Waals surface area contributed by atoms with Crippen molar-refractivity contribution in [2.75, 3.05) is 13.2 Å². The van der Waals surface area contributed by atoms with Crippen LogP contribution in [0, 0.1) is 11.3 Å². The van der Waals surface area contributed by atoms with Crippen molar-refractivity contribution in [2.24, 2.45) is 17.1 Å². The number of halogens is 1. The second kappa shape index (κ2) is 5.55. The first-order chi connectivity index (χ1) is 7.43. The summed E-state index contributed by atoms with van der Waals surface area (Å²) in [5.41, 5.74) is 5.91. The van der Waals surface area contributed by atoms with Crippen LogP contribution in [-0.2, 0) is 0 Å². The van der Waals surface area contributed by atoms with E-state index in [4.69, 9.17) is 22.1 Å². The molecule has 1 unspecified atom stereocenters. The van der Waals surface area contributed by atoms with E-state index in [-0.39, 0.29) is 5.41 Å². The second-order valence-electron chi connectivity index (χ2n) is 5.07. The molecule has 2 nitrogen and oxygen atoms in total. The maximum absolute atomic E-state index is 5.88. The van der Waals surface area contributed by atoms with Crippen molar-refractivity contribution in [1.82, 2.24) is 0 Å². The molecule has 1 atom stereocenters. The normalized spacial score (nSPS) is 13.6. The van der Waals surface area contributed by atoms with Gasteiger partial charge in [-0.3, -0.25) is 0 Å². The molecule has 0 radical (unpaired) electrons. The summed E-state index contributed by atoms with van der Waals surface area (Å²) >= 11 is 5.88. The maximum Gasteiger partial charge on any atom is 0.120 e. The van der Waals surface area contributed by atoms with Crippen molar-refractivity contribution in [3.63, 3.8) is 0 Å². The zero-order chi connectivity index (χ0) is 12.2. The Morgan fingerprint density at radius 2 is 2.06 bits per heavy atom. The van der Waals surface area contributed by atoms with Gasteiger partial charge in [-0.25, -0.2) is 0 Å². The Hall–Kier alpha value is -0.730. The Morgan fingerprint density at radius 3 is 2.56 bits per heavy atom. The average Bonchev–Trinajstić information content (AvgIpc) is 2.16. The van der Waals surface area contributed by atoms with Gasteiger partial charge in [0.15, 0.2) is 0 Å². The van der Waals surface area contributed by atoms with E-state index in [2.05, 4.69) is 20.8 Å². The average molecular weight is 242 g/mol. The molecule has 0 bridgehead atoms. The molecular formula is C13H20ClNO. The van der Waals surface area contributed by atoms with Gasteiger partial charge in [0.25, 0.3) is 0 Å². The third-order valence-corrected chi connectivity index (χ3v) is 2.99. The van der Waals surface area contributed by atoms with Gasteiger partial charge in [-0.15, -0.1) is 0 Å². The van der Waals surface area contributed by atoms with Crippen molar-refractivity contribution in [1.29, 1.82) is 0 Å². The van der Waals surface area contributed by atoms with Crippen LogP contribution in [-0.4, -0.2) is 13.2 Å². The highest BCUT2D eigenvalue weighted by atomic mass is 35.5. The van der Waals surface area contributed by atoms with Gasteiger partial charge >= 0.3 is 0 Å². The summed E-state index contributed by atoms with van der Waals surface area (Å²) in [6.45, 7) is 7.77. The highest BCUT2D eigenvalue weighted by molar-refractivity contribution is 6.30. The van der Waals surface area contributed by atoms with E-state index in [0.29, 0.717) is 24.1 Å². The summed E-state index contributed by atoms with van der Waals surface area (Å²) in [7, 11) is 0. The number of hydrogen-bond donors (Lipinski definition) is 1. The molecule has 1 aromatic carbocycles. The van der Waals surface area contributed by atoms with Gasteiger partial charge in [0, 0.05) is 10.9 Å². The molecule has 0 aliphatic rings. The van der Waals surface area contributed by atoms with Crippen LogP contribution < -0.4 is 10.5 Å². The van der Waals surface area contributed by atoms with E-state index in [1.165, 1.54) is 0 Å². The molecule has 1 aromatic rings. The van der Waals surface area contributed by atoms with E-state index < -0.39 is 0 Å². The molecule has 0 saturated carbocycles. The van der Waals surface area contributed by atoms with E-state index in [0.717, 1.165) is 5.75 Å². The first-order valence-electron chi connectivity index (χ1n) is 5.52. The SMILES string of the molecule is CC(C)(C)C(CN)COc1cccc(Cl)c1. The van der Waals surface area contributed by atoms with E-state index >= 15 is 0 Å². The fourth-order valence-electron chi connectivity index (χ4n) is 1.43. The van der Waals surface area contributed by atoms with Gasteiger partial charge in [0.1, 0.15) is 5.75 Å². The third kappa shape index (κ3) is 4.03. The lowest BCUT2D eigenvalue weighted by atomic mass is 9.81. The molecule has 1 rings (SSSR count). The smallest absolute Gasteiger partial charge is 0.120 e. The topological polar surface area (TPSA) is 35.2 Å². The van der Waals surface area contributed by atoms with Crippen LogP contribution in [0.1, 0.15) is 20.8 Å². The van der Waals surface area contributed by atoms with Gasteiger partial charge in [0.2, 0.25) is 0 Å². The van der Waals surface area contributed by atoms with Crippen molar-refractivity contribution in [2.45, 2.75) is 20.8 Å². The van der Waals surface area contributed by atoms with Crippen molar-refractivity contribution in [3.8, 4) is 5.75 Å². The maximum atomic E-state index is 5.88. The van der Waals surface area contributed by atoms with Crippen molar-refractivity contribution >= 4 is 11.6 Å². The first-order valence-corrected chi connectivity index (χ1v) is 5.89. The minimum Gasteiger partial charge on any atom is -0.493 e. The Bertz CT molecular complexity index is 333. The van der Waals surface area contributed by atoms with E-state index in [1.807, 2.05) is 24.3 Å². The molecule has 0 amide bonds. The summed E-state index contributed by atoms with van der Waals surface area (Å²) in [6.07, 6.45) is 0. The molecule has 90 valence electrons. The highest BCUT2D eigenvalue weighted by Crippen LogP contribution is 2.26. The number of hydrogen-bond acceptors (Lipinski definition) is 2. The van der Waals surface area contributed by atoms with Crippen LogP contribution in [0.4, 0.5) is 0 Å². The predicted octanol–water partition coefficient (Wildman–Crippen LogP) is 3.34. The van der Waals surface area contributed by atoms with Crippen molar-refractivity contribution < 1.29 is 4.74 Å². The standard InChI is InChI=1S/C13H20ClNO/c1-13(2,3)10(8-15)9-16-12-6-4-5-11(14)7-12/h4-7,10H,8-9,15H2,1-3H3. The Kier molecular flexibility index (Phi) is 4.63. The van der Waals surface area contributed by atoms with Crippen LogP contribution in [0.3, 0.4) is 0 Å². The monoisotopic (exact) mass is 241 g/mol. The van der Waals surface area contributed by atoms with Gasteiger partial charge in [-0.2, -0.15) is 0 Å². The lowest BCUT2D eigenvalue weighted by molar-refractivity contribution is 0.152. The fourth-order valence-corrected chi connectivity index (χ4v) is 1.61. The van der Waals surface area contributed by atoms with Gasteiger partial charge in [-0.05, 0) is 30.2 Å². The minimum absolute atomic E-state index is 0.160. The Morgan fingerprint density at radius 1 is 1.38 bits per heavy atom. The molecule has 2 N–H and O–H groups in total. The molecule has 0 aliphatic carbocycles. The molecule has 0 fully saturated rings. The molecule has 0 heterocycles. The van der Waals surface area contributed by atoms with Gasteiger partial charge in [0.05, 0.1) is 6.61 Å². The number of ether oxygens (including phenoxy) is 1. The Labute approximate surface area is 103 Å². The zero-order valence-electron chi connectivity index (χ0n) is 10.2. The molecule has 16 heavy (non-hydrogen) atoms. The summed E-state index contributed by atoms with van der Waals surface area (Å²) in [5, 5.41) is 0.692. The summed E-state index contributed by atoms with van der Waals surface area (Å²) in [5.74, 6) is 1.14. The Balaban J connectivity index is 2.56. The number of nitrogens with two attached hydrogens (primary N) is 1. The summed E-state index contributed by atoms with van der Waals surface area (Å²) < 4.78 is 5.70. The molecule has 0 saturated heterocycles. The molecule has 0 aliphatic heterocycles. The molecule has 0 spiro atoms. The third-order valence-electron chi connectivity index (χ3n) is 2.76. The first kappa shape index (κ1) is 13.3. The van der Waals surface area contributed by atoms with Gasteiger partial charge < -0.3 is 10.5 Å². The molecule has 0 aromatic heterocycles. The highest BCUT2D eigenvalue weighted by Gasteiger charge is 2.23. The second-order valence-corrected chi connectivity index (χ2v) is 5.50. The van der Waals surface area contributed by atoms with Gasteiger partial charge in [-0.1, -0.05) is 38.4 Å². The van der Waals surface area contributed by atoms with Crippen LogP contribution in [0.5, 0.6) is 5.75 Å². The predicted molar refractivity (Wildman–Crippen MR) is 68.9 cm³/mol. The van der Waals surface area contributed by atoms with Crippen LogP contribution in [0.15, 0.2) is 24.3 Å². The molecule has 3 heteroatoms. The quantitative estimate of drug-likeness (QED) is 0.878. The summed E-state index contributed by atoms with van der Waals surface area (Å²) in [4.78, 5) is 0. The lowest BCUT2D eigenvalue weighted by Crippen LogP contribution is -2.33.